The minimum absolute atomic E-state index is 0.232. The third-order valence-electron chi connectivity index (χ3n) is 3.03. The van der Waals surface area contributed by atoms with Gasteiger partial charge in [-0.15, -0.1) is 0 Å². The average Bonchev–Trinajstić information content (AvgIpc) is 2.28. The van der Waals surface area contributed by atoms with Gasteiger partial charge in [-0.2, -0.15) is 0 Å². The summed E-state index contributed by atoms with van der Waals surface area (Å²) in [5.74, 6) is -1.74. The Morgan fingerprint density at radius 1 is 1.41 bits per heavy atom. The monoisotopic (exact) mass is 238 g/mol. The van der Waals surface area contributed by atoms with Crippen LogP contribution in [0.15, 0.2) is 24.3 Å². The first-order chi connectivity index (χ1) is 8.08. The highest BCUT2D eigenvalue weighted by molar-refractivity contribution is 5.71. The van der Waals surface area contributed by atoms with Crippen LogP contribution in [0.1, 0.15) is 6.42 Å². The molecular formula is C12H15FN2O2. The van der Waals surface area contributed by atoms with E-state index in [0.717, 1.165) is 0 Å². The number of halogens is 1. The van der Waals surface area contributed by atoms with E-state index in [1.54, 1.807) is 23.1 Å². The van der Waals surface area contributed by atoms with Gasteiger partial charge in [0.05, 0.1) is 11.6 Å². The van der Waals surface area contributed by atoms with Crippen molar-refractivity contribution in [3.05, 3.63) is 30.1 Å². The van der Waals surface area contributed by atoms with Crippen molar-refractivity contribution < 1.29 is 14.3 Å². The van der Waals surface area contributed by atoms with Gasteiger partial charge < -0.3 is 15.7 Å². The third kappa shape index (κ3) is 2.55. The fourth-order valence-corrected chi connectivity index (χ4v) is 2.22. The number of anilines is 1. The normalized spacial score (nSPS) is 24.7. The second-order valence-corrected chi connectivity index (χ2v) is 4.39. The van der Waals surface area contributed by atoms with Gasteiger partial charge in [-0.25, -0.2) is 4.39 Å². The number of aliphatic carboxylic acids is 1. The molecule has 92 valence electrons. The zero-order valence-corrected chi connectivity index (χ0v) is 9.34. The molecule has 0 aliphatic carbocycles. The summed E-state index contributed by atoms with van der Waals surface area (Å²) < 4.78 is 13.6. The maximum absolute atomic E-state index is 13.6. The Labute approximate surface area is 98.8 Å². The number of benzene rings is 1. The second-order valence-electron chi connectivity index (χ2n) is 4.39. The van der Waals surface area contributed by atoms with Crippen LogP contribution in [0.3, 0.4) is 0 Å². The molecule has 0 radical (unpaired) electrons. The zero-order chi connectivity index (χ0) is 12.4. The van der Waals surface area contributed by atoms with Gasteiger partial charge in [0.1, 0.15) is 5.82 Å². The molecular weight excluding hydrogens is 223 g/mol. The Kier molecular flexibility index (Phi) is 3.28. The number of nitrogens with zero attached hydrogens (tertiary/aromatic N) is 1. The highest BCUT2D eigenvalue weighted by atomic mass is 19.1. The predicted octanol–water partition coefficient (Wildman–Crippen LogP) is 1.06. The van der Waals surface area contributed by atoms with E-state index in [4.69, 9.17) is 10.8 Å². The summed E-state index contributed by atoms with van der Waals surface area (Å²) in [7, 11) is 0. The molecule has 1 aromatic carbocycles. The van der Waals surface area contributed by atoms with E-state index in [0.29, 0.717) is 25.2 Å². The van der Waals surface area contributed by atoms with Crippen molar-refractivity contribution >= 4 is 11.7 Å². The quantitative estimate of drug-likeness (QED) is 0.808. The SMILES string of the molecule is NC1CC(C(=O)O)CN(c2ccccc2F)C1. The van der Waals surface area contributed by atoms with Crippen LogP contribution in [0.25, 0.3) is 0 Å². The molecule has 0 aromatic heterocycles. The van der Waals surface area contributed by atoms with E-state index in [1.165, 1.54) is 6.07 Å². The number of carboxylic acid groups (broad SMARTS) is 1. The number of hydrogen-bond donors (Lipinski definition) is 2. The van der Waals surface area contributed by atoms with Gasteiger partial charge in [0.25, 0.3) is 0 Å². The minimum Gasteiger partial charge on any atom is -0.481 e. The Morgan fingerprint density at radius 2 is 2.12 bits per heavy atom. The van der Waals surface area contributed by atoms with E-state index in [-0.39, 0.29) is 11.9 Å². The van der Waals surface area contributed by atoms with Crippen LogP contribution in [0, 0.1) is 11.7 Å². The second kappa shape index (κ2) is 4.71. The zero-order valence-electron chi connectivity index (χ0n) is 9.34. The van der Waals surface area contributed by atoms with Crippen molar-refractivity contribution in [3.8, 4) is 0 Å². The molecule has 1 fully saturated rings. The van der Waals surface area contributed by atoms with Gasteiger partial charge in [0.2, 0.25) is 0 Å². The van der Waals surface area contributed by atoms with Gasteiger partial charge in [-0.3, -0.25) is 4.79 Å². The molecule has 1 saturated heterocycles. The molecule has 2 unspecified atom stereocenters. The Hall–Kier alpha value is -1.62. The fourth-order valence-electron chi connectivity index (χ4n) is 2.22. The van der Waals surface area contributed by atoms with Gasteiger partial charge in [-0.05, 0) is 18.6 Å². The summed E-state index contributed by atoms with van der Waals surface area (Å²) in [5, 5.41) is 9.01. The highest BCUT2D eigenvalue weighted by Crippen LogP contribution is 2.25. The molecule has 1 heterocycles. The van der Waals surface area contributed by atoms with E-state index < -0.39 is 11.9 Å². The van der Waals surface area contributed by atoms with E-state index in [2.05, 4.69) is 0 Å². The summed E-state index contributed by atoms with van der Waals surface area (Å²) >= 11 is 0. The Morgan fingerprint density at radius 3 is 2.76 bits per heavy atom. The number of para-hydroxylation sites is 1. The first-order valence-electron chi connectivity index (χ1n) is 5.56. The maximum atomic E-state index is 13.6. The van der Waals surface area contributed by atoms with E-state index in [1.807, 2.05) is 0 Å². The molecule has 0 bridgehead atoms. The Bertz CT molecular complexity index is 425. The topological polar surface area (TPSA) is 66.6 Å². The summed E-state index contributed by atoms with van der Waals surface area (Å²) in [4.78, 5) is 12.7. The van der Waals surface area contributed by atoms with Gasteiger partial charge in [0.15, 0.2) is 0 Å². The fraction of sp³-hybridized carbons (Fsp3) is 0.417. The molecule has 0 spiro atoms. The first-order valence-corrected chi connectivity index (χ1v) is 5.56. The summed E-state index contributed by atoms with van der Waals surface area (Å²) in [5.41, 5.74) is 6.24. The van der Waals surface area contributed by atoms with E-state index >= 15 is 0 Å². The number of carbonyl (C=O) groups is 1. The maximum Gasteiger partial charge on any atom is 0.308 e. The predicted molar refractivity (Wildman–Crippen MR) is 62.3 cm³/mol. The molecule has 1 aromatic rings. The molecule has 4 nitrogen and oxygen atoms in total. The van der Waals surface area contributed by atoms with Gasteiger partial charge in [0, 0.05) is 19.1 Å². The summed E-state index contributed by atoms with van der Waals surface area (Å²) in [6.07, 6.45) is 0.445. The van der Waals surface area contributed by atoms with Gasteiger partial charge >= 0.3 is 5.97 Å². The van der Waals surface area contributed by atoms with Gasteiger partial charge in [-0.1, -0.05) is 12.1 Å². The number of nitrogens with two attached hydrogens (primary N) is 1. The van der Waals surface area contributed by atoms with Crippen molar-refractivity contribution in [3.63, 3.8) is 0 Å². The van der Waals surface area contributed by atoms with Crippen LogP contribution in [0.5, 0.6) is 0 Å². The molecule has 0 saturated carbocycles. The van der Waals surface area contributed by atoms with Crippen LogP contribution < -0.4 is 10.6 Å². The van der Waals surface area contributed by atoms with Crippen molar-refractivity contribution in [2.24, 2.45) is 11.7 Å². The molecule has 1 aliphatic heterocycles. The van der Waals surface area contributed by atoms with Crippen molar-refractivity contribution in [2.45, 2.75) is 12.5 Å². The number of carboxylic acids is 1. The highest BCUT2D eigenvalue weighted by Gasteiger charge is 2.30. The third-order valence-corrected chi connectivity index (χ3v) is 3.03. The molecule has 17 heavy (non-hydrogen) atoms. The number of piperidine rings is 1. The van der Waals surface area contributed by atoms with Crippen molar-refractivity contribution in [2.75, 3.05) is 18.0 Å². The van der Waals surface area contributed by atoms with Crippen molar-refractivity contribution in [1.29, 1.82) is 0 Å². The lowest BCUT2D eigenvalue weighted by Crippen LogP contribution is -2.49. The molecule has 2 rings (SSSR count). The van der Waals surface area contributed by atoms with Crippen LogP contribution in [-0.4, -0.2) is 30.2 Å². The lowest BCUT2D eigenvalue weighted by atomic mass is 9.94. The molecule has 3 N–H and O–H groups in total. The van der Waals surface area contributed by atoms with Crippen LogP contribution in [0.4, 0.5) is 10.1 Å². The van der Waals surface area contributed by atoms with E-state index in [9.17, 15) is 9.18 Å². The van der Waals surface area contributed by atoms with Crippen LogP contribution in [-0.2, 0) is 4.79 Å². The van der Waals surface area contributed by atoms with Crippen LogP contribution in [0.2, 0.25) is 0 Å². The molecule has 0 amide bonds. The number of rotatable bonds is 2. The number of hydrogen-bond acceptors (Lipinski definition) is 3. The minimum atomic E-state index is -0.874. The smallest absolute Gasteiger partial charge is 0.308 e. The lowest BCUT2D eigenvalue weighted by Gasteiger charge is -2.36. The summed E-state index contributed by atoms with van der Waals surface area (Å²) in [6, 6.07) is 6.12. The van der Waals surface area contributed by atoms with Crippen molar-refractivity contribution in [1.82, 2.24) is 0 Å². The summed E-state index contributed by atoms with van der Waals surface area (Å²) in [6.45, 7) is 0.800. The molecule has 2 atom stereocenters. The standard InChI is InChI=1S/C12H15FN2O2/c13-10-3-1-2-4-11(10)15-6-8(12(16)17)5-9(14)7-15/h1-4,8-9H,5-7,14H2,(H,16,17). The Balaban J connectivity index is 2.21. The molecule has 1 aliphatic rings. The largest absolute Gasteiger partial charge is 0.481 e. The molecule has 5 heteroatoms. The average molecular weight is 238 g/mol. The van der Waals surface area contributed by atoms with Crippen LogP contribution >= 0.6 is 0 Å². The first kappa shape index (κ1) is 11.9. The lowest BCUT2D eigenvalue weighted by molar-refractivity contribution is -0.142.